The Morgan fingerprint density at radius 2 is 1.89 bits per heavy atom. The highest BCUT2D eigenvalue weighted by molar-refractivity contribution is 6.09. The van der Waals surface area contributed by atoms with E-state index in [2.05, 4.69) is 6.92 Å². The van der Waals surface area contributed by atoms with Gasteiger partial charge in [0.1, 0.15) is 0 Å². The number of carbonyl (C=O) groups excluding carboxylic acids is 3. The molecule has 2 aliphatic carbocycles. The SMILES string of the molecule is COC(=O)[C@]1(O)C(=O)CC[C@@H]2C34C[C@@H](c5ccoc5)O[C@@H]3O[C@H](OC(=O)c3ccccc3)[C@@]21CC[C@@H]4C. The molecule has 3 heterocycles. The number of carbonyl (C=O) groups is 3. The quantitative estimate of drug-likeness (QED) is 0.486. The van der Waals surface area contributed by atoms with Crippen molar-refractivity contribution >= 4 is 17.7 Å². The fourth-order valence-corrected chi connectivity index (χ4v) is 7.70. The zero-order chi connectivity index (χ0) is 26.0. The molecule has 1 spiro atoms. The molecule has 1 N–H and O–H groups in total. The van der Waals surface area contributed by atoms with Crippen molar-refractivity contribution in [2.24, 2.45) is 22.7 Å². The molecule has 2 aromatic rings. The zero-order valence-corrected chi connectivity index (χ0v) is 20.8. The fraction of sp³-hybridized carbons (Fsp3) is 0.536. The van der Waals surface area contributed by atoms with Crippen molar-refractivity contribution < 1.29 is 42.9 Å². The third-order valence-corrected chi connectivity index (χ3v) is 9.47. The number of furan rings is 1. The van der Waals surface area contributed by atoms with Crippen LogP contribution in [0.3, 0.4) is 0 Å². The van der Waals surface area contributed by atoms with E-state index >= 15 is 0 Å². The number of benzene rings is 1. The molecule has 1 unspecified atom stereocenters. The summed E-state index contributed by atoms with van der Waals surface area (Å²) in [6, 6.07) is 10.2. The van der Waals surface area contributed by atoms with Crippen LogP contribution in [-0.4, -0.2) is 48.1 Å². The maximum Gasteiger partial charge on any atom is 0.346 e. The molecule has 1 aromatic carbocycles. The van der Waals surface area contributed by atoms with Crippen molar-refractivity contribution in [1.82, 2.24) is 0 Å². The van der Waals surface area contributed by atoms with Crippen molar-refractivity contribution in [3.05, 3.63) is 60.1 Å². The van der Waals surface area contributed by atoms with Crippen LogP contribution in [0.2, 0.25) is 0 Å². The number of methoxy groups -OCH3 is 1. The Bertz CT molecular complexity index is 1200. The van der Waals surface area contributed by atoms with Crippen LogP contribution in [0, 0.1) is 22.7 Å². The lowest BCUT2D eigenvalue weighted by Crippen LogP contribution is -2.78. The normalized spacial score (nSPS) is 40.4. The largest absolute Gasteiger partial charge is 0.472 e. The Morgan fingerprint density at radius 1 is 1.11 bits per heavy atom. The molecule has 0 radical (unpaired) electrons. The predicted molar refractivity (Wildman–Crippen MR) is 126 cm³/mol. The second-order valence-corrected chi connectivity index (χ2v) is 10.8. The first-order valence-corrected chi connectivity index (χ1v) is 12.7. The van der Waals surface area contributed by atoms with E-state index in [4.69, 9.17) is 23.4 Å². The van der Waals surface area contributed by atoms with Gasteiger partial charge < -0.3 is 28.5 Å². The second-order valence-electron chi connectivity index (χ2n) is 10.8. The highest BCUT2D eigenvalue weighted by Gasteiger charge is 2.81. The maximum atomic E-state index is 13.4. The van der Waals surface area contributed by atoms with Crippen LogP contribution in [-0.2, 0) is 28.5 Å². The van der Waals surface area contributed by atoms with Crippen LogP contribution in [0.5, 0.6) is 0 Å². The Balaban J connectivity index is 1.50. The number of ether oxygens (including phenoxy) is 4. The van der Waals surface area contributed by atoms with E-state index in [1.807, 2.05) is 6.07 Å². The molecule has 9 nitrogen and oxygen atoms in total. The summed E-state index contributed by atoms with van der Waals surface area (Å²) in [4.78, 5) is 39.9. The highest BCUT2D eigenvalue weighted by atomic mass is 16.8. The van der Waals surface area contributed by atoms with Gasteiger partial charge in [-0.2, -0.15) is 0 Å². The Hall–Kier alpha value is -3.01. The van der Waals surface area contributed by atoms with Crippen LogP contribution in [0.15, 0.2) is 53.3 Å². The summed E-state index contributed by atoms with van der Waals surface area (Å²) in [5.41, 5.74) is -3.55. The third kappa shape index (κ3) is 3.11. The lowest BCUT2D eigenvalue weighted by atomic mass is 9.40. The molecular weight excluding hydrogens is 480 g/mol. The van der Waals surface area contributed by atoms with Crippen LogP contribution in [0.4, 0.5) is 0 Å². The molecule has 37 heavy (non-hydrogen) atoms. The van der Waals surface area contributed by atoms with E-state index in [-0.39, 0.29) is 30.4 Å². The number of hydrogen-bond donors (Lipinski definition) is 1. The first-order valence-electron chi connectivity index (χ1n) is 12.7. The van der Waals surface area contributed by atoms with E-state index in [0.717, 1.165) is 12.7 Å². The monoisotopic (exact) mass is 510 g/mol. The van der Waals surface area contributed by atoms with Crippen molar-refractivity contribution in [1.29, 1.82) is 0 Å². The summed E-state index contributed by atoms with van der Waals surface area (Å²) in [5, 5.41) is 12.1. The summed E-state index contributed by atoms with van der Waals surface area (Å²) in [7, 11) is 1.14. The average Bonchev–Trinajstić information content (AvgIpc) is 3.57. The van der Waals surface area contributed by atoms with Gasteiger partial charge in [-0.05, 0) is 55.7 Å². The minimum Gasteiger partial charge on any atom is -0.472 e. The average molecular weight is 511 g/mol. The number of ketones is 1. The summed E-state index contributed by atoms with van der Waals surface area (Å²) in [6.07, 6.45) is 2.44. The van der Waals surface area contributed by atoms with Gasteiger partial charge in [-0.1, -0.05) is 25.1 Å². The fourth-order valence-electron chi connectivity index (χ4n) is 7.70. The van der Waals surface area contributed by atoms with Gasteiger partial charge in [0.2, 0.25) is 11.9 Å². The Labute approximate surface area is 214 Å². The molecule has 4 aliphatic rings. The van der Waals surface area contributed by atoms with E-state index in [9.17, 15) is 19.5 Å². The van der Waals surface area contributed by atoms with E-state index in [1.54, 1.807) is 42.9 Å². The molecule has 6 rings (SSSR count). The Morgan fingerprint density at radius 3 is 2.59 bits per heavy atom. The molecule has 2 bridgehead atoms. The summed E-state index contributed by atoms with van der Waals surface area (Å²) in [6.45, 7) is 2.12. The molecule has 2 saturated carbocycles. The van der Waals surface area contributed by atoms with Gasteiger partial charge in [-0.3, -0.25) is 4.79 Å². The lowest BCUT2D eigenvalue weighted by Gasteiger charge is -2.67. The van der Waals surface area contributed by atoms with Crippen molar-refractivity contribution in [3.63, 3.8) is 0 Å². The molecule has 4 fully saturated rings. The minimum absolute atomic E-state index is 0.00502. The number of rotatable bonds is 4. The van der Waals surface area contributed by atoms with Crippen LogP contribution in [0.1, 0.15) is 61.1 Å². The maximum absolute atomic E-state index is 13.4. The van der Waals surface area contributed by atoms with Crippen molar-refractivity contribution in [2.75, 3.05) is 7.11 Å². The van der Waals surface area contributed by atoms with Crippen LogP contribution < -0.4 is 0 Å². The smallest absolute Gasteiger partial charge is 0.346 e. The first-order chi connectivity index (χ1) is 17.8. The summed E-state index contributed by atoms with van der Waals surface area (Å²) >= 11 is 0. The molecule has 196 valence electrons. The number of hydrogen-bond acceptors (Lipinski definition) is 9. The molecule has 9 heteroatoms. The second kappa shape index (κ2) is 8.51. The zero-order valence-electron chi connectivity index (χ0n) is 20.8. The molecular formula is C28H30O9. The number of Topliss-reactive ketones (excluding diaryl/α,β-unsaturated/α-hetero) is 1. The minimum atomic E-state index is -2.53. The third-order valence-electron chi connectivity index (χ3n) is 9.47. The van der Waals surface area contributed by atoms with Crippen molar-refractivity contribution in [2.45, 2.75) is 63.3 Å². The van der Waals surface area contributed by atoms with E-state index in [0.29, 0.717) is 19.3 Å². The van der Waals surface area contributed by atoms with Gasteiger partial charge in [-0.25, -0.2) is 9.59 Å². The predicted octanol–water partition coefficient (Wildman–Crippen LogP) is 3.57. The number of esters is 2. The molecule has 2 saturated heterocycles. The van der Waals surface area contributed by atoms with E-state index in [1.165, 1.54) is 0 Å². The van der Waals surface area contributed by atoms with E-state index < -0.39 is 52.7 Å². The highest BCUT2D eigenvalue weighted by Crippen LogP contribution is 2.73. The van der Waals surface area contributed by atoms with Crippen LogP contribution in [0.25, 0.3) is 0 Å². The molecule has 8 atom stereocenters. The lowest BCUT2D eigenvalue weighted by molar-refractivity contribution is -0.390. The van der Waals surface area contributed by atoms with Gasteiger partial charge >= 0.3 is 11.9 Å². The van der Waals surface area contributed by atoms with Gasteiger partial charge in [0.25, 0.3) is 0 Å². The molecule has 0 amide bonds. The molecule has 1 aromatic heterocycles. The Kier molecular flexibility index (Phi) is 5.60. The summed E-state index contributed by atoms with van der Waals surface area (Å²) < 4.78 is 29.1. The van der Waals surface area contributed by atoms with Gasteiger partial charge in [-0.15, -0.1) is 0 Å². The van der Waals surface area contributed by atoms with Gasteiger partial charge in [0.05, 0.1) is 36.7 Å². The van der Waals surface area contributed by atoms with Crippen molar-refractivity contribution in [3.8, 4) is 0 Å². The summed E-state index contributed by atoms with van der Waals surface area (Å²) in [5.74, 6) is -2.70. The topological polar surface area (TPSA) is 122 Å². The van der Waals surface area contributed by atoms with Crippen LogP contribution >= 0.6 is 0 Å². The first kappa shape index (κ1) is 24.3. The standard InChI is InChI=1S/C28H30O9/c1-16-10-12-27-20(8-9-21(29)28(27,32)23(31)33-2)26(16)14-19(18-11-13-34-15-18)35-24(26)37-25(27)36-22(30)17-6-4-3-5-7-17/h3-7,11,13,15-16,19-20,24-25,32H,8-10,12,14H2,1-2H3/t16-,19-,20+,24+,25-,26?,27+,28+/m0/s1. The molecule has 2 aliphatic heterocycles. The van der Waals surface area contributed by atoms with Gasteiger partial charge in [0, 0.05) is 17.4 Å². The number of aliphatic hydroxyl groups is 1. The van der Waals surface area contributed by atoms with Gasteiger partial charge in [0.15, 0.2) is 12.1 Å².